The van der Waals surface area contributed by atoms with Gasteiger partial charge in [0.25, 0.3) is 0 Å². The maximum absolute atomic E-state index is 5.69. The Labute approximate surface area is 287 Å². The molecular formula is C37H24Br2IrN2O2-2. The van der Waals surface area contributed by atoms with Crippen molar-refractivity contribution in [1.82, 2.24) is 9.97 Å². The van der Waals surface area contributed by atoms with Gasteiger partial charge in [-0.1, -0.05) is 79.9 Å². The fraction of sp³-hybridized carbons (Fsp3) is 0.0811. The molecule has 0 saturated carbocycles. The smallest absolute Gasteiger partial charge is 0.0776 e. The Hall–Kier alpha value is -3.61. The number of aromatic nitrogens is 2. The number of fused-ring (bicyclic) bond motifs is 10. The number of ether oxygens (including phenoxy) is 2. The zero-order valence-electron chi connectivity index (χ0n) is 23.7. The van der Waals surface area contributed by atoms with Crippen molar-refractivity contribution in [3.05, 3.63) is 153 Å². The molecule has 44 heavy (non-hydrogen) atoms. The Morgan fingerprint density at radius 1 is 0.682 bits per heavy atom. The van der Waals surface area contributed by atoms with Gasteiger partial charge in [-0.2, -0.15) is 0 Å². The molecule has 6 aromatic rings. The van der Waals surface area contributed by atoms with Crippen LogP contribution in [0.1, 0.15) is 22.3 Å². The van der Waals surface area contributed by atoms with Crippen LogP contribution in [0.5, 0.6) is 11.5 Å². The van der Waals surface area contributed by atoms with Gasteiger partial charge in [-0.3, -0.25) is 0 Å². The second-order valence-corrected chi connectivity index (χ2v) is 12.0. The zero-order valence-corrected chi connectivity index (χ0v) is 29.3. The predicted octanol–water partition coefficient (Wildman–Crippen LogP) is 9.31. The third-order valence-electron chi connectivity index (χ3n) is 7.99. The van der Waals surface area contributed by atoms with E-state index in [9.17, 15) is 0 Å². The van der Waals surface area contributed by atoms with Gasteiger partial charge in [-0.15, -0.1) is 47.0 Å². The van der Waals surface area contributed by atoms with Gasteiger partial charge in [-0.05, 0) is 70.0 Å². The number of rotatable bonds is 3. The van der Waals surface area contributed by atoms with E-state index < -0.39 is 5.41 Å². The SMILES string of the molecule is COc1[c-]c2c(cc1OC)C1(c3cc(Br)ccc3-c3ccc(Br)cc31)c1cccnc1-2.[Ir].[c-]1ccccc1-c1ccccn1. The van der Waals surface area contributed by atoms with Crippen molar-refractivity contribution in [3.63, 3.8) is 0 Å². The van der Waals surface area contributed by atoms with Gasteiger partial charge in [0.1, 0.15) is 0 Å². The molecule has 8 rings (SSSR count). The third-order valence-corrected chi connectivity index (χ3v) is 8.98. The van der Waals surface area contributed by atoms with E-state index in [0.29, 0.717) is 11.5 Å². The first kappa shape index (κ1) is 30.4. The van der Waals surface area contributed by atoms with Crippen LogP contribution in [0.25, 0.3) is 33.6 Å². The number of benzene rings is 4. The molecule has 0 fully saturated rings. The van der Waals surface area contributed by atoms with Crippen molar-refractivity contribution in [2.75, 3.05) is 14.2 Å². The monoisotopic (exact) mass is 879 g/mol. The second kappa shape index (κ2) is 12.4. The standard InChI is InChI=1S/C26H16Br2NO2.C11H8N.Ir/c1-30-23-12-18-22(13-24(23)31-2)26(19-4-3-9-29-25(18)19)20-10-14(27)5-7-16(20)17-8-6-15(28)11-21(17)26;1-2-6-10(7-3-1)11-8-4-5-9-12-11;/h3-11,13H,1-2H3;1-6,8-9H;/q2*-1;. The van der Waals surface area contributed by atoms with Crippen LogP contribution in [0.4, 0.5) is 0 Å². The van der Waals surface area contributed by atoms with Gasteiger partial charge in [0.15, 0.2) is 0 Å². The topological polar surface area (TPSA) is 44.2 Å². The van der Waals surface area contributed by atoms with Gasteiger partial charge in [0.2, 0.25) is 0 Å². The summed E-state index contributed by atoms with van der Waals surface area (Å²) in [6.45, 7) is 0. The minimum absolute atomic E-state index is 0. The van der Waals surface area contributed by atoms with Crippen molar-refractivity contribution < 1.29 is 29.6 Å². The number of hydrogen-bond acceptors (Lipinski definition) is 4. The Bertz CT molecular complexity index is 1900. The molecule has 0 bridgehead atoms. The average molecular weight is 881 g/mol. The molecule has 1 spiro atoms. The first-order chi connectivity index (χ1) is 21.1. The van der Waals surface area contributed by atoms with E-state index in [-0.39, 0.29) is 20.1 Å². The number of pyridine rings is 2. The average Bonchev–Trinajstić information content (AvgIpc) is 3.50. The minimum Gasteiger partial charge on any atom is -0.536 e. The molecule has 7 heteroatoms. The van der Waals surface area contributed by atoms with Crippen molar-refractivity contribution in [1.29, 1.82) is 0 Å². The van der Waals surface area contributed by atoms with Crippen LogP contribution in [0.15, 0.2) is 118 Å². The normalized spacial score (nSPS) is 12.5. The van der Waals surface area contributed by atoms with Crippen LogP contribution in [-0.4, -0.2) is 24.2 Å². The molecule has 0 unspecified atom stereocenters. The maximum Gasteiger partial charge on any atom is 0.0776 e. The molecule has 4 aromatic carbocycles. The minimum atomic E-state index is -0.507. The summed E-state index contributed by atoms with van der Waals surface area (Å²) < 4.78 is 13.4. The number of nitrogens with zero attached hydrogens (tertiary/aromatic N) is 2. The Morgan fingerprint density at radius 2 is 1.39 bits per heavy atom. The molecular weight excluding hydrogens is 856 g/mol. The van der Waals surface area contributed by atoms with E-state index in [1.807, 2.05) is 54.7 Å². The molecule has 1 radical (unpaired) electrons. The van der Waals surface area contributed by atoms with Gasteiger partial charge >= 0.3 is 0 Å². The Balaban J connectivity index is 0.000000222. The number of methoxy groups -OCH3 is 2. The van der Waals surface area contributed by atoms with Gasteiger partial charge < -0.3 is 19.4 Å². The van der Waals surface area contributed by atoms with Crippen molar-refractivity contribution in [2.45, 2.75) is 5.41 Å². The van der Waals surface area contributed by atoms with Crippen molar-refractivity contribution in [3.8, 4) is 45.1 Å². The molecule has 0 amide bonds. The van der Waals surface area contributed by atoms with Crippen LogP contribution in [-0.2, 0) is 25.5 Å². The van der Waals surface area contributed by atoms with Gasteiger partial charge in [0.05, 0.1) is 25.7 Å². The number of hydrogen-bond donors (Lipinski definition) is 0. The van der Waals surface area contributed by atoms with E-state index in [1.165, 1.54) is 22.3 Å². The van der Waals surface area contributed by atoms with Crippen LogP contribution >= 0.6 is 31.9 Å². The van der Waals surface area contributed by atoms with E-state index in [1.54, 1.807) is 20.4 Å². The maximum atomic E-state index is 5.69. The molecule has 2 aliphatic carbocycles. The molecule has 0 N–H and O–H groups in total. The molecule has 0 saturated heterocycles. The quantitative estimate of drug-likeness (QED) is 0.166. The summed E-state index contributed by atoms with van der Waals surface area (Å²) in [5.74, 6) is 1.24. The van der Waals surface area contributed by atoms with E-state index in [4.69, 9.17) is 14.5 Å². The summed E-state index contributed by atoms with van der Waals surface area (Å²) in [5, 5.41) is 0. The van der Waals surface area contributed by atoms with E-state index in [2.05, 4.69) is 97.5 Å². The van der Waals surface area contributed by atoms with Crippen molar-refractivity contribution >= 4 is 31.9 Å². The van der Waals surface area contributed by atoms with Crippen LogP contribution in [0.3, 0.4) is 0 Å². The summed E-state index contributed by atoms with van der Waals surface area (Å²) in [5.41, 5.74) is 10.5. The molecule has 0 atom stereocenters. The summed E-state index contributed by atoms with van der Waals surface area (Å²) >= 11 is 7.42. The fourth-order valence-corrected chi connectivity index (χ4v) is 6.99. The first-order valence-electron chi connectivity index (χ1n) is 13.7. The number of halogens is 2. The Morgan fingerprint density at radius 3 is 2.00 bits per heavy atom. The van der Waals surface area contributed by atoms with E-state index in [0.717, 1.165) is 42.6 Å². The Kier molecular flexibility index (Phi) is 8.58. The summed E-state index contributed by atoms with van der Waals surface area (Å²) in [6.07, 6.45) is 3.63. The third kappa shape index (κ3) is 4.83. The summed E-state index contributed by atoms with van der Waals surface area (Å²) in [6, 6.07) is 39.6. The molecule has 2 heterocycles. The first-order valence-corrected chi connectivity index (χ1v) is 15.3. The van der Waals surface area contributed by atoms with Crippen LogP contribution < -0.4 is 9.47 Å². The molecule has 4 nitrogen and oxygen atoms in total. The van der Waals surface area contributed by atoms with Crippen LogP contribution in [0, 0.1) is 12.1 Å². The predicted molar refractivity (Wildman–Crippen MR) is 176 cm³/mol. The molecule has 219 valence electrons. The molecule has 2 aliphatic rings. The van der Waals surface area contributed by atoms with Crippen LogP contribution in [0.2, 0.25) is 0 Å². The molecule has 2 aromatic heterocycles. The van der Waals surface area contributed by atoms with Gasteiger partial charge in [-0.25, -0.2) is 0 Å². The second-order valence-electron chi connectivity index (χ2n) is 10.2. The van der Waals surface area contributed by atoms with Crippen molar-refractivity contribution in [2.24, 2.45) is 0 Å². The largest absolute Gasteiger partial charge is 0.536 e. The van der Waals surface area contributed by atoms with Gasteiger partial charge in [0, 0.05) is 46.9 Å². The summed E-state index contributed by atoms with van der Waals surface area (Å²) in [7, 11) is 3.30. The fourth-order valence-electron chi connectivity index (χ4n) is 6.27. The summed E-state index contributed by atoms with van der Waals surface area (Å²) in [4.78, 5) is 9.01. The zero-order chi connectivity index (χ0) is 29.6. The van der Waals surface area contributed by atoms with E-state index >= 15 is 0 Å². The molecule has 0 aliphatic heterocycles.